The molecule has 2 aliphatic rings. The maximum Gasteiger partial charge on any atom is 0.405 e. The molecule has 0 aliphatic carbocycles. The molecule has 0 spiro atoms. The Bertz CT molecular complexity index is 1820. The fraction of sp³-hybridized carbons (Fsp3) is 0.379. The van der Waals surface area contributed by atoms with Gasteiger partial charge in [0.25, 0.3) is 12.3 Å². The summed E-state index contributed by atoms with van der Waals surface area (Å²) in [6.45, 7) is 0.572. The number of imide groups is 1. The van der Waals surface area contributed by atoms with Gasteiger partial charge in [-0.1, -0.05) is 0 Å². The zero-order valence-corrected chi connectivity index (χ0v) is 25.5. The molecule has 2 aliphatic heterocycles. The van der Waals surface area contributed by atoms with Crippen LogP contribution >= 0.6 is 0 Å². The number of amides is 4. The number of likely N-dealkylation sites (tertiary alicyclic amines) is 1. The third-order valence-electron chi connectivity index (χ3n) is 7.78. The van der Waals surface area contributed by atoms with Crippen molar-refractivity contribution in [2.45, 2.75) is 44.5 Å². The Hall–Kier alpha value is -5.53. The van der Waals surface area contributed by atoms with E-state index in [1.54, 1.807) is 12.1 Å². The van der Waals surface area contributed by atoms with Crippen molar-refractivity contribution in [2.24, 2.45) is 0 Å². The van der Waals surface area contributed by atoms with Crippen LogP contribution in [0.3, 0.4) is 0 Å². The summed E-state index contributed by atoms with van der Waals surface area (Å²) in [5, 5.41) is 19.2. The van der Waals surface area contributed by atoms with Gasteiger partial charge in [-0.3, -0.25) is 29.4 Å². The number of halogens is 5. The highest BCUT2D eigenvalue weighted by Gasteiger charge is 2.29. The molecule has 49 heavy (non-hydrogen) atoms. The summed E-state index contributed by atoms with van der Waals surface area (Å²) in [5.74, 6) is -1.05. The maximum atomic E-state index is 13.9. The molecule has 4 aromatic rings. The molecule has 258 valence electrons. The van der Waals surface area contributed by atoms with Crippen LogP contribution in [0, 0.1) is 0 Å². The van der Waals surface area contributed by atoms with E-state index in [1.807, 2.05) is 0 Å². The van der Waals surface area contributed by atoms with Gasteiger partial charge in [0.1, 0.15) is 18.6 Å². The molecule has 0 aromatic carbocycles. The minimum atomic E-state index is -4.46. The molecular formula is C29H28F5N11O4. The Kier molecular flexibility index (Phi) is 9.47. The number of urea groups is 1. The lowest BCUT2D eigenvalue weighted by Crippen LogP contribution is -2.50. The van der Waals surface area contributed by atoms with Gasteiger partial charge in [0.2, 0.25) is 11.8 Å². The summed E-state index contributed by atoms with van der Waals surface area (Å²) in [6, 6.07) is 5.31. The monoisotopic (exact) mass is 689 g/mol. The molecule has 6 heterocycles. The first-order valence-electron chi connectivity index (χ1n) is 15.0. The number of nitrogens with zero attached hydrogens (tertiary/aromatic N) is 8. The fourth-order valence-electron chi connectivity index (χ4n) is 5.33. The quantitative estimate of drug-likeness (QED) is 0.204. The highest BCUT2D eigenvalue weighted by Crippen LogP contribution is 2.31. The lowest BCUT2D eigenvalue weighted by Gasteiger charge is -2.31. The molecule has 0 bridgehead atoms. The van der Waals surface area contributed by atoms with Crippen LogP contribution in [-0.2, 0) is 11.3 Å². The minimum Gasteiger partial charge on any atom is -0.444 e. The second-order valence-corrected chi connectivity index (χ2v) is 11.2. The standard InChI is InChI=1S/C29H28F5N11O4/c30-25(31)24-19(37-26(47)20-14-49-27(38-20)16-3-7-35-21(11-16)36-15-29(32,33)34)13-45(42-24)18-4-8-43(9-5-18)12-17-1-2-22(41-40-17)44-10-6-23(46)39-28(44)48/h1-3,7,11,13-14,18,25H,4-6,8-10,12,15H2,(H,35,36)(H,37,47)(H,39,46,48). The number of oxazole rings is 1. The van der Waals surface area contributed by atoms with E-state index < -0.39 is 36.8 Å². The van der Waals surface area contributed by atoms with E-state index in [0.29, 0.717) is 44.0 Å². The predicted octanol–water partition coefficient (Wildman–Crippen LogP) is 4.17. The van der Waals surface area contributed by atoms with Crippen molar-refractivity contribution in [3.8, 4) is 11.5 Å². The van der Waals surface area contributed by atoms with Gasteiger partial charge in [0.15, 0.2) is 17.2 Å². The Morgan fingerprint density at radius 1 is 1.10 bits per heavy atom. The van der Waals surface area contributed by atoms with Crippen LogP contribution in [0.5, 0.6) is 0 Å². The van der Waals surface area contributed by atoms with Gasteiger partial charge >= 0.3 is 12.2 Å². The number of rotatable bonds is 10. The van der Waals surface area contributed by atoms with E-state index in [2.05, 4.69) is 46.1 Å². The van der Waals surface area contributed by atoms with Gasteiger partial charge in [-0.25, -0.2) is 23.5 Å². The molecule has 20 heteroatoms. The zero-order valence-electron chi connectivity index (χ0n) is 25.5. The number of hydrogen-bond acceptors (Lipinski definition) is 11. The molecule has 6 rings (SSSR count). The minimum absolute atomic E-state index is 0.0897. The predicted molar refractivity (Wildman–Crippen MR) is 160 cm³/mol. The highest BCUT2D eigenvalue weighted by atomic mass is 19.4. The summed E-state index contributed by atoms with van der Waals surface area (Å²) in [4.78, 5) is 47.7. The van der Waals surface area contributed by atoms with Gasteiger partial charge < -0.3 is 15.1 Å². The van der Waals surface area contributed by atoms with Gasteiger partial charge in [-0.05, 0) is 37.1 Å². The zero-order chi connectivity index (χ0) is 34.7. The fourth-order valence-corrected chi connectivity index (χ4v) is 5.33. The number of piperidine rings is 1. The maximum absolute atomic E-state index is 13.9. The van der Waals surface area contributed by atoms with Crippen LogP contribution in [0.1, 0.15) is 53.6 Å². The SMILES string of the molecule is O=C1CCN(c2ccc(CN3CCC(n4cc(NC(=O)c5coc(-c6ccnc(NCC(F)(F)F)c6)n5)c(C(F)F)n4)CC3)nn2)C(=O)N1. The van der Waals surface area contributed by atoms with Crippen LogP contribution in [0.4, 0.5) is 44.1 Å². The van der Waals surface area contributed by atoms with Crippen molar-refractivity contribution in [3.63, 3.8) is 0 Å². The first kappa shape index (κ1) is 33.4. The molecule has 4 aromatic heterocycles. The lowest BCUT2D eigenvalue weighted by atomic mass is 10.1. The molecule has 4 amide bonds. The van der Waals surface area contributed by atoms with Crippen LogP contribution in [-0.4, -0.2) is 85.0 Å². The third kappa shape index (κ3) is 8.13. The second kappa shape index (κ2) is 13.9. The number of pyridine rings is 1. The molecule has 15 nitrogen and oxygen atoms in total. The lowest BCUT2D eigenvalue weighted by molar-refractivity contribution is -0.120. The summed E-state index contributed by atoms with van der Waals surface area (Å²) in [6.07, 6.45) is -2.55. The van der Waals surface area contributed by atoms with Crippen LogP contribution < -0.4 is 20.9 Å². The molecule has 0 atom stereocenters. The van der Waals surface area contributed by atoms with E-state index in [-0.39, 0.29) is 53.6 Å². The Morgan fingerprint density at radius 3 is 2.59 bits per heavy atom. The molecule has 0 saturated carbocycles. The van der Waals surface area contributed by atoms with Crippen LogP contribution in [0.25, 0.3) is 11.5 Å². The summed E-state index contributed by atoms with van der Waals surface area (Å²) < 4.78 is 72.3. The number of aromatic nitrogens is 6. The number of nitrogens with one attached hydrogen (secondary N) is 3. The van der Waals surface area contributed by atoms with Gasteiger partial charge in [0.05, 0.1) is 17.4 Å². The average Bonchev–Trinajstić information content (AvgIpc) is 3.73. The van der Waals surface area contributed by atoms with Crippen molar-refractivity contribution >= 4 is 35.2 Å². The Morgan fingerprint density at radius 2 is 1.90 bits per heavy atom. The van der Waals surface area contributed by atoms with Crippen molar-refractivity contribution in [3.05, 3.63) is 60.0 Å². The number of anilines is 3. The van der Waals surface area contributed by atoms with Gasteiger partial charge in [0, 0.05) is 50.6 Å². The first-order valence-corrected chi connectivity index (χ1v) is 15.0. The van der Waals surface area contributed by atoms with Crippen molar-refractivity contribution in [1.29, 1.82) is 0 Å². The smallest absolute Gasteiger partial charge is 0.405 e. The molecule has 0 radical (unpaired) electrons. The highest BCUT2D eigenvalue weighted by molar-refractivity contribution is 6.05. The van der Waals surface area contributed by atoms with E-state index in [9.17, 15) is 36.3 Å². The van der Waals surface area contributed by atoms with E-state index >= 15 is 0 Å². The van der Waals surface area contributed by atoms with Crippen molar-refractivity contribution < 1.29 is 40.8 Å². The number of carbonyl (C=O) groups is 3. The first-order chi connectivity index (χ1) is 23.4. The van der Waals surface area contributed by atoms with E-state index in [0.717, 1.165) is 6.26 Å². The van der Waals surface area contributed by atoms with Gasteiger partial charge in [-0.15, -0.1) is 5.10 Å². The normalized spacial score (nSPS) is 16.2. The molecule has 3 N–H and O–H groups in total. The number of hydrogen-bond donors (Lipinski definition) is 3. The second-order valence-electron chi connectivity index (χ2n) is 11.2. The van der Waals surface area contributed by atoms with Crippen LogP contribution in [0.2, 0.25) is 0 Å². The van der Waals surface area contributed by atoms with Crippen LogP contribution in [0.15, 0.2) is 47.3 Å². The largest absolute Gasteiger partial charge is 0.444 e. The average molecular weight is 690 g/mol. The Labute approximate surface area is 273 Å². The van der Waals surface area contributed by atoms with Crippen molar-refractivity contribution in [1.82, 2.24) is 40.2 Å². The van der Waals surface area contributed by atoms with E-state index in [4.69, 9.17) is 4.42 Å². The number of carbonyl (C=O) groups excluding carboxylic acids is 3. The Balaban J connectivity index is 1.05. The molecule has 0 unspecified atom stereocenters. The molecule has 2 fully saturated rings. The summed E-state index contributed by atoms with van der Waals surface area (Å²) in [7, 11) is 0. The molecule has 2 saturated heterocycles. The summed E-state index contributed by atoms with van der Waals surface area (Å²) in [5.41, 5.74) is -0.158. The summed E-state index contributed by atoms with van der Waals surface area (Å²) >= 11 is 0. The van der Waals surface area contributed by atoms with Gasteiger partial charge in [-0.2, -0.15) is 23.4 Å². The molecular weight excluding hydrogens is 661 g/mol. The van der Waals surface area contributed by atoms with Crippen molar-refractivity contribution in [2.75, 3.05) is 41.7 Å². The number of alkyl halides is 5. The third-order valence-corrected chi connectivity index (χ3v) is 7.78. The van der Waals surface area contributed by atoms with E-state index in [1.165, 1.54) is 34.1 Å². The topological polar surface area (TPSA) is 176 Å².